The number of benzene rings is 1. The van der Waals surface area contributed by atoms with Crippen LogP contribution in [0.5, 0.6) is 0 Å². The van der Waals surface area contributed by atoms with Gasteiger partial charge >= 0.3 is 0 Å². The Kier molecular flexibility index (Phi) is 2.88. The van der Waals surface area contributed by atoms with Gasteiger partial charge in [-0.25, -0.2) is 4.68 Å². The molecule has 0 bridgehead atoms. The number of nitrogens with two attached hydrogens (primary N) is 1. The van der Waals surface area contributed by atoms with Gasteiger partial charge in [0.1, 0.15) is 0 Å². The van der Waals surface area contributed by atoms with E-state index in [0.717, 1.165) is 15.7 Å². The Morgan fingerprint density at radius 2 is 2.27 bits per heavy atom. The van der Waals surface area contributed by atoms with Crippen molar-refractivity contribution in [3.05, 3.63) is 46.2 Å². The van der Waals surface area contributed by atoms with Crippen LogP contribution in [0.1, 0.15) is 11.1 Å². The Morgan fingerprint density at radius 3 is 2.87 bits per heavy atom. The molecule has 0 unspecified atom stereocenters. The highest BCUT2D eigenvalue weighted by Gasteiger charge is 2.02. The van der Waals surface area contributed by atoms with Gasteiger partial charge in [-0.3, -0.25) is 0 Å². The highest BCUT2D eigenvalue weighted by atomic mass is 79.9. The van der Waals surface area contributed by atoms with Crippen molar-refractivity contribution in [3.63, 3.8) is 0 Å². The zero-order chi connectivity index (χ0) is 10.8. The number of halogens is 1. The van der Waals surface area contributed by atoms with E-state index in [1.807, 2.05) is 16.9 Å². The molecule has 0 aliphatic carbocycles. The van der Waals surface area contributed by atoms with E-state index in [-0.39, 0.29) is 0 Å². The zero-order valence-corrected chi connectivity index (χ0v) is 10.0. The first kappa shape index (κ1) is 10.4. The molecule has 4 heteroatoms. The summed E-state index contributed by atoms with van der Waals surface area (Å²) in [6.07, 6.45) is 3.69. The molecule has 0 saturated carbocycles. The maximum absolute atomic E-state index is 5.66. The van der Waals surface area contributed by atoms with E-state index < -0.39 is 0 Å². The molecule has 3 nitrogen and oxygen atoms in total. The molecule has 0 aliphatic heterocycles. The van der Waals surface area contributed by atoms with Gasteiger partial charge in [0.15, 0.2) is 0 Å². The van der Waals surface area contributed by atoms with Crippen LogP contribution >= 0.6 is 15.9 Å². The third kappa shape index (κ3) is 2.11. The highest BCUT2D eigenvalue weighted by molar-refractivity contribution is 9.10. The number of aromatic nitrogens is 2. The van der Waals surface area contributed by atoms with E-state index in [4.69, 9.17) is 5.73 Å². The Morgan fingerprint density at radius 1 is 1.47 bits per heavy atom. The van der Waals surface area contributed by atoms with Crippen LogP contribution in [0.15, 0.2) is 35.1 Å². The summed E-state index contributed by atoms with van der Waals surface area (Å²) in [5.74, 6) is 0. The van der Waals surface area contributed by atoms with Crippen molar-refractivity contribution in [2.24, 2.45) is 5.73 Å². The molecule has 0 atom stereocenters. The van der Waals surface area contributed by atoms with Gasteiger partial charge in [0.2, 0.25) is 0 Å². The average Bonchev–Trinajstić information content (AvgIpc) is 2.66. The van der Waals surface area contributed by atoms with Crippen molar-refractivity contribution in [1.29, 1.82) is 0 Å². The molecular formula is C11H12BrN3. The molecule has 1 aromatic carbocycles. The average molecular weight is 266 g/mol. The second-order valence-corrected chi connectivity index (χ2v) is 4.33. The topological polar surface area (TPSA) is 43.8 Å². The van der Waals surface area contributed by atoms with Gasteiger partial charge in [-0.05, 0) is 46.1 Å². The summed E-state index contributed by atoms with van der Waals surface area (Å²) in [6.45, 7) is 2.62. The van der Waals surface area contributed by atoms with Gasteiger partial charge in [-0.2, -0.15) is 5.10 Å². The van der Waals surface area contributed by atoms with Crippen molar-refractivity contribution in [2.75, 3.05) is 0 Å². The minimum Gasteiger partial charge on any atom is -0.326 e. The fraction of sp³-hybridized carbons (Fsp3) is 0.182. The largest absolute Gasteiger partial charge is 0.326 e. The first-order valence-corrected chi connectivity index (χ1v) is 5.50. The van der Waals surface area contributed by atoms with E-state index in [0.29, 0.717) is 6.54 Å². The lowest BCUT2D eigenvalue weighted by atomic mass is 10.1. The second kappa shape index (κ2) is 4.16. The van der Waals surface area contributed by atoms with E-state index in [2.05, 4.69) is 40.1 Å². The molecule has 15 heavy (non-hydrogen) atoms. The van der Waals surface area contributed by atoms with Crippen molar-refractivity contribution in [1.82, 2.24) is 9.78 Å². The summed E-state index contributed by atoms with van der Waals surface area (Å²) in [5.41, 5.74) is 9.07. The van der Waals surface area contributed by atoms with Crippen molar-refractivity contribution in [2.45, 2.75) is 13.5 Å². The summed E-state index contributed by atoms with van der Waals surface area (Å²) in [5, 5.41) is 4.22. The Hall–Kier alpha value is -1.13. The van der Waals surface area contributed by atoms with Crippen LogP contribution in [0.3, 0.4) is 0 Å². The molecule has 0 saturated heterocycles. The summed E-state index contributed by atoms with van der Waals surface area (Å²) in [4.78, 5) is 0. The number of rotatable bonds is 2. The van der Waals surface area contributed by atoms with Gasteiger partial charge in [-0.1, -0.05) is 6.07 Å². The summed E-state index contributed by atoms with van der Waals surface area (Å²) in [6, 6.07) is 6.16. The predicted molar refractivity (Wildman–Crippen MR) is 63.9 cm³/mol. The number of hydrogen-bond acceptors (Lipinski definition) is 2. The van der Waals surface area contributed by atoms with Crippen LogP contribution in [-0.2, 0) is 6.54 Å². The third-order valence-corrected chi connectivity index (χ3v) is 2.78. The lowest BCUT2D eigenvalue weighted by Gasteiger charge is -2.06. The summed E-state index contributed by atoms with van der Waals surface area (Å²) < 4.78 is 2.79. The van der Waals surface area contributed by atoms with Gasteiger partial charge in [0, 0.05) is 12.7 Å². The summed E-state index contributed by atoms with van der Waals surface area (Å²) >= 11 is 3.37. The maximum Gasteiger partial charge on any atom is 0.0649 e. The molecule has 2 N–H and O–H groups in total. The molecule has 2 rings (SSSR count). The molecule has 2 aromatic rings. The van der Waals surface area contributed by atoms with Crippen LogP contribution in [0.4, 0.5) is 0 Å². The molecule has 1 aromatic heterocycles. The first-order valence-electron chi connectivity index (χ1n) is 4.71. The van der Waals surface area contributed by atoms with E-state index in [1.54, 1.807) is 6.20 Å². The van der Waals surface area contributed by atoms with Crippen LogP contribution < -0.4 is 5.73 Å². The standard InChI is InChI=1S/C11H12BrN3/c1-8-2-3-11(4-9(8)5-13)15-7-10(12)6-14-15/h2-4,6-7H,5,13H2,1H3. The van der Waals surface area contributed by atoms with E-state index in [1.165, 1.54) is 5.56 Å². The summed E-state index contributed by atoms with van der Waals surface area (Å²) in [7, 11) is 0. The number of nitrogens with zero attached hydrogens (tertiary/aromatic N) is 2. The van der Waals surface area contributed by atoms with Crippen LogP contribution in [0, 0.1) is 6.92 Å². The van der Waals surface area contributed by atoms with Gasteiger partial charge in [-0.15, -0.1) is 0 Å². The lowest BCUT2D eigenvalue weighted by molar-refractivity contribution is 0.874. The molecule has 0 fully saturated rings. The molecule has 0 radical (unpaired) electrons. The quantitative estimate of drug-likeness (QED) is 0.907. The zero-order valence-electron chi connectivity index (χ0n) is 8.44. The van der Waals surface area contributed by atoms with Crippen LogP contribution in [0.2, 0.25) is 0 Å². The Bertz CT molecular complexity index is 476. The normalized spacial score (nSPS) is 10.6. The Balaban J connectivity index is 2.45. The molecule has 78 valence electrons. The van der Waals surface area contributed by atoms with Gasteiger partial charge in [0.05, 0.1) is 16.4 Å². The molecule has 1 heterocycles. The Labute approximate surface area is 97.0 Å². The fourth-order valence-electron chi connectivity index (χ4n) is 1.46. The second-order valence-electron chi connectivity index (χ2n) is 3.42. The minimum atomic E-state index is 0.558. The first-order chi connectivity index (χ1) is 7.20. The number of aryl methyl sites for hydroxylation is 1. The van der Waals surface area contributed by atoms with Gasteiger partial charge < -0.3 is 5.73 Å². The smallest absolute Gasteiger partial charge is 0.0649 e. The fourth-order valence-corrected chi connectivity index (χ4v) is 1.75. The van der Waals surface area contributed by atoms with E-state index in [9.17, 15) is 0 Å². The molecule has 0 spiro atoms. The van der Waals surface area contributed by atoms with Crippen LogP contribution in [-0.4, -0.2) is 9.78 Å². The molecule has 0 aliphatic rings. The van der Waals surface area contributed by atoms with E-state index >= 15 is 0 Å². The molecular weight excluding hydrogens is 254 g/mol. The van der Waals surface area contributed by atoms with Gasteiger partial charge in [0.25, 0.3) is 0 Å². The lowest BCUT2D eigenvalue weighted by Crippen LogP contribution is -2.02. The molecule has 0 amide bonds. The van der Waals surface area contributed by atoms with Crippen LogP contribution in [0.25, 0.3) is 5.69 Å². The van der Waals surface area contributed by atoms with Crippen molar-refractivity contribution >= 4 is 15.9 Å². The third-order valence-electron chi connectivity index (χ3n) is 2.37. The van der Waals surface area contributed by atoms with Crippen molar-refractivity contribution in [3.8, 4) is 5.69 Å². The maximum atomic E-state index is 5.66. The minimum absolute atomic E-state index is 0.558. The van der Waals surface area contributed by atoms with Crippen molar-refractivity contribution < 1.29 is 0 Å². The monoisotopic (exact) mass is 265 g/mol. The number of hydrogen-bond donors (Lipinski definition) is 1. The highest BCUT2D eigenvalue weighted by Crippen LogP contribution is 2.16. The predicted octanol–water partition coefficient (Wildman–Crippen LogP) is 2.40. The SMILES string of the molecule is Cc1ccc(-n2cc(Br)cn2)cc1CN.